The van der Waals surface area contributed by atoms with E-state index in [1.165, 1.54) is 0 Å². The van der Waals surface area contributed by atoms with E-state index in [1.54, 1.807) is 12.1 Å². The van der Waals surface area contributed by atoms with E-state index < -0.39 is 0 Å². The average molecular weight is 301 g/mol. The van der Waals surface area contributed by atoms with Crippen LogP contribution in [0.3, 0.4) is 0 Å². The van der Waals surface area contributed by atoms with Crippen LogP contribution in [0, 0.1) is 6.92 Å². The molecule has 5 heteroatoms. The van der Waals surface area contributed by atoms with E-state index in [0.717, 1.165) is 12.1 Å². The van der Waals surface area contributed by atoms with Crippen molar-refractivity contribution in [2.75, 3.05) is 6.61 Å². The van der Waals surface area contributed by atoms with Crippen molar-refractivity contribution in [3.05, 3.63) is 28.0 Å². The first-order valence-corrected chi connectivity index (χ1v) is 6.38. The summed E-state index contributed by atoms with van der Waals surface area (Å²) in [6.45, 7) is 3.94. The third-order valence-electron chi connectivity index (χ3n) is 2.41. The Bertz CT molecular complexity index is 396. The zero-order valence-corrected chi connectivity index (χ0v) is 11.6. The summed E-state index contributed by atoms with van der Waals surface area (Å²) in [6.07, 6.45) is 1.45. The Morgan fingerprint density at radius 2 is 2.29 bits per heavy atom. The van der Waals surface area contributed by atoms with E-state index in [1.807, 2.05) is 13.8 Å². The Kier molecular flexibility index (Phi) is 5.58. The van der Waals surface area contributed by atoms with Crippen molar-refractivity contribution >= 4 is 21.8 Å². The van der Waals surface area contributed by atoms with Gasteiger partial charge >= 0.3 is 0 Å². The number of nitrogens with one attached hydrogen (secondary N) is 1. The molecule has 1 unspecified atom stereocenters. The molecule has 0 fully saturated rings. The number of pyridine rings is 1. The van der Waals surface area contributed by atoms with Crippen LogP contribution in [0.2, 0.25) is 0 Å². The van der Waals surface area contributed by atoms with Gasteiger partial charge in [0.2, 0.25) is 0 Å². The molecule has 0 saturated heterocycles. The standard InChI is InChI=1S/C12H17BrN2O2/c1-8(4-3-7-16)15-12(17)10-6-5-9(2)14-11(10)13/h5-6,8,16H,3-4,7H2,1-2H3,(H,15,17). The van der Waals surface area contributed by atoms with Gasteiger partial charge in [-0.3, -0.25) is 4.79 Å². The third kappa shape index (κ3) is 4.44. The Morgan fingerprint density at radius 1 is 1.59 bits per heavy atom. The van der Waals surface area contributed by atoms with Gasteiger partial charge in [-0.05, 0) is 54.8 Å². The van der Waals surface area contributed by atoms with Crippen molar-refractivity contribution in [3.8, 4) is 0 Å². The van der Waals surface area contributed by atoms with Gasteiger partial charge in [-0.2, -0.15) is 0 Å². The monoisotopic (exact) mass is 300 g/mol. The summed E-state index contributed by atoms with van der Waals surface area (Å²) in [6, 6.07) is 3.60. The Labute approximate surface area is 110 Å². The van der Waals surface area contributed by atoms with Gasteiger partial charge in [0.25, 0.3) is 5.91 Å². The number of amides is 1. The maximum Gasteiger partial charge on any atom is 0.254 e. The van der Waals surface area contributed by atoms with E-state index in [9.17, 15) is 4.79 Å². The van der Waals surface area contributed by atoms with Gasteiger partial charge in [-0.25, -0.2) is 4.98 Å². The number of nitrogens with zero attached hydrogens (tertiary/aromatic N) is 1. The molecule has 0 aliphatic heterocycles. The van der Waals surface area contributed by atoms with Crippen LogP contribution in [0.1, 0.15) is 35.8 Å². The fraction of sp³-hybridized carbons (Fsp3) is 0.500. The first kappa shape index (κ1) is 14.1. The molecule has 0 spiro atoms. The molecule has 94 valence electrons. The highest BCUT2D eigenvalue weighted by Gasteiger charge is 2.13. The minimum atomic E-state index is -0.144. The summed E-state index contributed by atoms with van der Waals surface area (Å²) >= 11 is 3.28. The number of aryl methyl sites for hydroxylation is 1. The number of carbonyl (C=O) groups is 1. The fourth-order valence-electron chi connectivity index (χ4n) is 1.47. The minimum absolute atomic E-state index is 0.0443. The number of aliphatic hydroxyl groups is 1. The number of rotatable bonds is 5. The second-order valence-corrected chi connectivity index (χ2v) is 4.78. The first-order chi connectivity index (χ1) is 8.04. The van der Waals surface area contributed by atoms with Gasteiger partial charge in [-0.1, -0.05) is 0 Å². The van der Waals surface area contributed by atoms with Crippen LogP contribution in [0.15, 0.2) is 16.7 Å². The number of halogens is 1. The minimum Gasteiger partial charge on any atom is -0.396 e. The van der Waals surface area contributed by atoms with Crippen LogP contribution in [-0.2, 0) is 0 Å². The molecule has 0 radical (unpaired) electrons. The number of aliphatic hydroxyl groups excluding tert-OH is 1. The summed E-state index contributed by atoms with van der Waals surface area (Å²) in [7, 11) is 0. The predicted octanol–water partition coefficient (Wildman–Crippen LogP) is 2.04. The molecule has 1 rings (SSSR count). The first-order valence-electron chi connectivity index (χ1n) is 5.59. The molecule has 1 atom stereocenters. The largest absolute Gasteiger partial charge is 0.396 e. The molecule has 17 heavy (non-hydrogen) atoms. The lowest BCUT2D eigenvalue weighted by Gasteiger charge is -2.13. The molecule has 1 aromatic heterocycles. The maximum absolute atomic E-state index is 11.9. The zero-order valence-electron chi connectivity index (χ0n) is 10.0. The summed E-state index contributed by atoms with van der Waals surface area (Å²) in [5.74, 6) is -0.144. The number of carbonyl (C=O) groups excluding carboxylic acids is 1. The van der Waals surface area contributed by atoms with Crippen LogP contribution in [-0.4, -0.2) is 28.6 Å². The normalized spacial score (nSPS) is 12.2. The van der Waals surface area contributed by atoms with Crippen molar-refractivity contribution in [1.82, 2.24) is 10.3 Å². The van der Waals surface area contributed by atoms with Crippen LogP contribution in [0.5, 0.6) is 0 Å². The van der Waals surface area contributed by atoms with Gasteiger partial charge in [0.15, 0.2) is 0 Å². The molecule has 4 nitrogen and oxygen atoms in total. The van der Waals surface area contributed by atoms with E-state index in [0.29, 0.717) is 16.6 Å². The van der Waals surface area contributed by atoms with Crippen molar-refractivity contribution in [2.24, 2.45) is 0 Å². The summed E-state index contributed by atoms with van der Waals surface area (Å²) in [4.78, 5) is 16.1. The lowest BCUT2D eigenvalue weighted by atomic mass is 10.1. The summed E-state index contributed by atoms with van der Waals surface area (Å²) < 4.78 is 0.560. The lowest BCUT2D eigenvalue weighted by Crippen LogP contribution is -2.33. The van der Waals surface area contributed by atoms with E-state index in [-0.39, 0.29) is 18.6 Å². The highest BCUT2D eigenvalue weighted by molar-refractivity contribution is 9.10. The van der Waals surface area contributed by atoms with Gasteiger partial charge in [0.1, 0.15) is 4.60 Å². The van der Waals surface area contributed by atoms with Gasteiger partial charge in [-0.15, -0.1) is 0 Å². The summed E-state index contributed by atoms with van der Waals surface area (Å²) in [5, 5.41) is 11.6. The van der Waals surface area contributed by atoms with Crippen LogP contribution >= 0.6 is 15.9 Å². The average Bonchev–Trinajstić information content (AvgIpc) is 2.26. The van der Waals surface area contributed by atoms with Crippen LogP contribution in [0.4, 0.5) is 0 Å². The lowest BCUT2D eigenvalue weighted by molar-refractivity contribution is 0.0935. The van der Waals surface area contributed by atoms with Gasteiger partial charge in [0.05, 0.1) is 5.56 Å². The topological polar surface area (TPSA) is 62.2 Å². The Balaban J connectivity index is 2.63. The Hall–Kier alpha value is -0.940. The molecule has 2 N–H and O–H groups in total. The molecular weight excluding hydrogens is 284 g/mol. The second-order valence-electron chi connectivity index (χ2n) is 4.03. The number of hydrogen-bond donors (Lipinski definition) is 2. The predicted molar refractivity (Wildman–Crippen MR) is 69.9 cm³/mol. The molecule has 0 aliphatic carbocycles. The van der Waals surface area contributed by atoms with Crippen molar-refractivity contribution < 1.29 is 9.90 Å². The highest BCUT2D eigenvalue weighted by Crippen LogP contribution is 2.14. The second kappa shape index (κ2) is 6.71. The molecule has 1 aromatic rings. The summed E-state index contributed by atoms with van der Waals surface area (Å²) in [5.41, 5.74) is 1.40. The molecule has 0 aromatic carbocycles. The van der Waals surface area contributed by atoms with E-state index in [4.69, 9.17) is 5.11 Å². The van der Waals surface area contributed by atoms with Crippen LogP contribution in [0.25, 0.3) is 0 Å². The molecule has 0 saturated carbocycles. The van der Waals surface area contributed by atoms with Crippen molar-refractivity contribution in [2.45, 2.75) is 32.7 Å². The van der Waals surface area contributed by atoms with Gasteiger partial charge in [0, 0.05) is 18.3 Å². The van der Waals surface area contributed by atoms with E-state index >= 15 is 0 Å². The highest BCUT2D eigenvalue weighted by atomic mass is 79.9. The molecule has 0 aliphatic rings. The fourth-order valence-corrected chi connectivity index (χ4v) is 2.06. The van der Waals surface area contributed by atoms with Crippen LogP contribution < -0.4 is 5.32 Å². The number of aromatic nitrogens is 1. The zero-order chi connectivity index (χ0) is 12.8. The third-order valence-corrected chi connectivity index (χ3v) is 3.01. The molecule has 1 amide bonds. The molecular formula is C12H17BrN2O2. The van der Waals surface area contributed by atoms with Gasteiger partial charge < -0.3 is 10.4 Å². The quantitative estimate of drug-likeness (QED) is 0.818. The van der Waals surface area contributed by atoms with Crippen molar-refractivity contribution in [1.29, 1.82) is 0 Å². The molecule has 1 heterocycles. The number of hydrogen-bond acceptors (Lipinski definition) is 3. The maximum atomic E-state index is 11.9. The SMILES string of the molecule is Cc1ccc(C(=O)NC(C)CCCO)c(Br)n1. The van der Waals surface area contributed by atoms with Crippen molar-refractivity contribution in [3.63, 3.8) is 0 Å². The van der Waals surface area contributed by atoms with E-state index in [2.05, 4.69) is 26.2 Å². The Morgan fingerprint density at radius 3 is 2.88 bits per heavy atom. The molecule has 0 bridgehead atoms. The smallest absolute Gasteiger partial charge is 0.254 e.